The molecule has 0 spiro atoms. The van der Waals surface area contributed by atoms with Gasteiger partial charge in [-0.05, 0) is 12.8 Å². The second-order valence-corrected chi connectivity index (χ2v) is 4.13. The largest absolute Gasteiger partial charge is 0.361 e. The predicted octanol–water partition coefficient (Wildman–Crippen LogP) is 2.48. The monoisotopic (exact) mass is 218 g/mol. The lowest BCUT2D eigenvalue weighted by atomic mass is 10.1. The van der Waals surface area contributed by atoms with Crippen molar-refractivity contribution in [2.45, 2.75) is 12.8 Å². The first-order chi connectivity index (χ1) is 7.29. The van der Waals surface area contributed by atoms with Gasteiger partial charge in [0.1, 0.15) is 4.99 Å². The van der Waals surface area contributed by atoms with Crippen LogP contribution in [0.1, 0.15) is 18.4 Å². The summed E-state index contributed by atoms with van der Waals surface area (Å²) in [5, 5.41) is 8.02. The minimum atomic E-state index is 0.479. The zero-order valence-corrected chi connectivity index (χ0v) is 9.39. The summed E-state index contributed by atoms with van der Waals surface area (Å²) in [4.78, 5) is 2.82. The average molecular weight is 218 g/mol. The van der Waals surface area contributed by atoms with Crippen LogP contribution in [0.25, 0.3) is 0 Å². The van der Waals surface area contributed by atoms with E-state index in [2.05, 4.69) is 4.90 Å². The van der Waals surface area contributed by atoms with Crippen LogP contribution < -0.4 is 0 Å². The Balaban J connectivity index is 2.11. The van der Waals surface area contributed by atoms with Gasteiger partial charge in [0, 0.05) is 18.7 Å². The fourth-order valence-electron chi connectivity index (χ4n) is 1.81. The molecule has 0 aromatic heterocycles. The van der Waals surface area contributed by atoms with Gasteiger partial charge in [-0.3, -0.25) is 5.41 Å². The van der Waals surface area contributed by atoms with Crippen molar-refractivity contribution in [2.24, 2.45) is 0 Å². The van der Waals surface area contributed by atoms with Gasteiger partial charge >= 0.3 is 0 Å². The van der Waals surface area contributed by atoms with E-state index >= 15 is 0 Å². The number of thiocarbonyl (C=S) groups is 1. The summed E-state index contributed by atoms with van der Waals surface area (Å²) in [6, 6.07) is 9.71. The molecule has 0 saturated carbocycles. The maximum Gasteiger partial charge on any atom is 0.127 e. The first-order valence-electron chi connectivity index (χ1n) is 5.22. The van der Waals surface area contributed by atoms with E-state index in [4.69, 9.17) is 17.6 Å². The molecule has 1 aliphatic rings. The first kappa shape index (κ1) is 10.3. The highest BCUT2D eigenvalue weighted by atomic mass is 32.1. The Labute approximate surface area is 95.4 Å². The van der Waals surface area contributed by atoms with Gasteiger partial charge in [-0.1, -0.05) is 42.5 Å². The Hall–Kier alpha value is -1.22. The summed E-state index contributed by atoms with van der Waals surface area (Å²) in [7, 11) is 0. The number of likely N-dealkylation sites (tertiary alicyclic amines) is 1. The Morgan fingerprint density at radius 2 is 1.73 bits per heavy atom. The smallest absolute Gasteiger partial charge is 0.127 e. The normalized spacial score (nSPS) is 15.3. The van der Waals surface area contributed by atoms with Crippen LogP contribution in [0.5, 0.6) is 0 Å². The number of hydrogen-bond acceptors (Lipinski definition) is 2. The van der Waals surface area contributed by atoms with E-state index in [-0.39, 0.29) is 0 Å². The molecule has 1 heterocycles. The summed E-state index contributed by atoms with van der Waals surface area (Å²) in [5.74, 6) is 0. The molecule has 0 atom stereocenters. The number of rotatable bonds is 2. The van der Waals surface area contributed by atoms with Gasteiger partial charge in [-0.2, -0.15) is 0 Å². The van der Waals surface area contributed by atoms with E-state index in [1.165, 1.54) is 12.8 Å². The lowest BCUT2D eigenvalue weighted by Gasteiger charge is -2.18. The van der Waals surface area contributed by atoms with Crippen LogP contribution in [0.2, 0.25) is 0 Å². The minimum Gasteiger partial charge on any atom is -0.361 e. The van der Waals surface area contributed by atoms with E-state index in [9.17, 15) is 0 Å². The third-order valence-electron chi connectivity index (χ3n) is 2.67. The number of benzene rings is 1. The molecule has 1 fully saturated rings. The zero-order chi connectivity index (χ0) is 10.7. The molecule has 1 saturated heterocycles. The van der Waals surface area contributed by atoms with Crippen molar-refractivity contribution >= 4 is 22.9 Å². The Morgan fingerprint density at radius 1 is 1.13 bits per heavy atom. The van der Waals surface area contributed by atoms with Crippen molar-refractivity contribution in [1.82, 2.24) is 4.90 Å². The molecule has 1 aromatic carbocycles. The van der Waals surface area contributed by atoms with Crippen LogP contribution >= 0.6 is 12.2 Å². The van der Waals surface area contributed by atoms with Gasteiger partial charge in [0.2, 0.25) is 0 Å². The fourth-order valence-corrected chi connectivity index (χ4v) is 2.11. The molecule has 15 heavy (non-hydrogen) atoms. The highest BCUT2D eigenvalue weighted by molar-refractivity contribution is 7.82. The molecular formula is C12H14N2S. The van der Waals surface area contributed by atoms with Crippen LogP contribution in [-0.2, 0) is 0 Å². The van der Waals surface area contributed by atoms with Crippen molar-refractivity contribution < 1.29 is 0 Å². The molecule has 0 unspecified atom stereocenters. The molecule has 0 amide bonds. The number of nitrogens with zero attached hydrogens (tertiary/aromatic N) is 1. The van der Waals surface area contributed by atoms with E-state index < -0.39 is 0 Å². The molecule has 0 bridgehead atoms. The van der Waals surface area contributed by atoms with E-state index in [0.717, 1.165) is 18.7 Å². The Kier molecular flexibility index (Phi) is 3.11. The molecule has 78 valence electrons. The van der Waals surface area contributed by atoms with Gasteiger partial charge in [-0.25, -0.2) is 0 Å². The SMILES string of the molecule is N=C(C(=S)N1CCCC1)c1ccccc1. The molecule has 2 rings (SSSR count). The summed E-state index contributed by atoms with van der Waals surface area (Å²) in [6.07, 6.45) is 2.39. The maximum absolute atomic E-state index is 8.02. The van der Waals surface area contributed by atoms with Crippen molar-refractivity contribution in [3.8, 4) is 0 Å². The van der Waals surface area contributed by atoms with Crippen LogP contribution in [0.3, 0.4) is 0 Å². The van der Waals surface area contributed by atoms with Crippen molar-refractivity contribution in [3.63, 3.8) is 0 Å². The van der Waals surface area contributed by atoms with Crippen LogP contribution in [-0.4, -0.2) is 28.7 Å². The first-order valence-corrected chi connectivity index (χ1v) is 5.63. The topological polar surface area (TPSA) is 27.1 Å². The lowest BCUT2D eigenvalue weighted by molar-refractivity contribution is 0.535. The van der Waals surface area contributed by atoms with E-state index in [0.29, 0.717) is 10.7 Å². The summed E-state index contributed by atoms with van der Waals surface area (Å²) >= 11 is 5.32. The third-order valence-corrected chi connectivity index (χ3v) is 3.13. The molecule has 3 heteroatoms. The molecule has 1 N–H and O–H groups in total. The van der Waals surface area contributed by atoms with Crippen LogP contribution in [0.15, 0.2) is 30.3 Å². The van der Waals surface area contributed by atoms with E-state index in [1.54, 1.807) is 0 Å². The Morgan fingerprint density at radius 3 is 2.33 bits per heavy atom. The standard InChI is InChI=1S/C12H14N2S/c13-11(10-6-2-1-3-7-10)12(15)14-8-4-5-9-14/h1-3,6-7,13H,4-5,8-9H2. The number of nitrogens with one attached hydrogen (secondary N) is 1. The quantitative estimate of drug-likeness (QED) is 0.610. The van der Waals surface area contributed by atoms with Gasteiger partial charge in [0.15, 0.2) is 0 Å². The second-order valence-electron chi connectivity index (χ2n) is 3.74. The molecule has 1 aliphatic heterocycles. The highest BCUT2D eigenvalue weighted by Gasteiger charge is 2.18. The van der Waals surface area contributed by atoms with Crippen molar-refractivity contribution in [2.75, 3.05) is 13.1 Å². The van der Waals surface area contributed by atoms with Crippen molar-refractivity contribution in [3.05, 3.63) is 35.9 Å². The molecule has 0 radical (unpaired) electrons. The average Bonchev–Trinajstić information content (AvgIpc) is 2.82. The molecule has 1 aromatic rings. The highest BCUT2D eigenvalue weighted by Crippen LogP contribution is 2.11. The van der Waals surface area contributed by atoms with Gasteiger partial charge < -0.3 is 4.90 Å². The Bertz CT molecular complexity index is 366. The van der Waals surface area contributed by atoms with Crippen LogP contribution in [0.4, 0.5) is 0 Å². The third kappa shape index (κ3) is 2.23. The molecular weight excluding hydrogens is 204 g/mol. The summed E-state index contributed by atoms with van der Waals surface area (Å²) in [6.45, 7) is 2.02. The summed E-state index contributed by atoms with van der Waals surface area (Å²) < 4.78 is 0. The van der Waals surface area contributed by atoms with E-state index in [1.807, 2.05) is 30.3 Å². The van der Waals surface area contributed by atoms with Crippen LogP contribution in [0, 0.1) is 5.41 Å². The van der Waals surface area contributed by atoms with Gasteiger partial charge in [-0.15, -0.1) is 0 Å². The zero-order valence-electron chi connectivity index (χ0n) is 8.57. The maximum atomic E-state index is 8.02. The van der Waals surface area contributed by atoms with Crippen molar-refractivity contribution in [1.29, 1.82) is 5.41 Å². The predicted molar refractivity (Wildman–Crippen MR) is 66.7 cm³/mol. The minimum absolute atomic E-state index is 0.479. The van der Waals surface area contributed by atoms with Gasteiger partial charge in [0.05, 0.1) is 5.71 Å². The molecule has 2 nitrogen and oxygen atoms in total. The van der Waals surface area contributed by atoms with Gasteiger partial charge in [0.25, 0.3) is 0 Å². The number of hydrogen-bond donors (Lipinski definition) is 1. The molecule has 0 aliphatic carbocycles. The second kappa shape index (κ2) is 4.53. The fraction of sp³-hybridized carbons (Fsp3) is 0.333. The summed E-state index contributed by atoms with van der Waals surface area (Å²) in [5.41, 5.74) is 1.39. The lowest BCUT2D eigenvalue weighted by Crippen LogP contribution is -2.32.